The largest absolute Gasteiger partial charge is 0.358 e. The molecule has 0 aromatic heterocycles. The molecule has 0 saturated carbocycles. The van der Waals surface area contributed by atoms with Crippen LogP contribution in [0.3, 0.4) is 0 Å². The van der Waals surface area contributed by atoms with Crippen molar-refractivity contribution in [3.8, 4) is 0 Å². The van der Waals surface area contributed by atoms with Crippen LogP contribution in [-0.2, 0) is 25.8 Å². The maximum atomic E-state index is 2.12. The van der Waals surface area contributed by atoms with Crippen LogP contribution in [0.4, 0.5) is 0 Å². The summed E-state index contributed by atoms with van der Waals surface area (Å²) >= 11 is 0. The van der Waals surface area contributed by atoms with Crippen LogP contribution in [0.25, 0.3) is 21.5 Å². The minimum Gasteiger partial charge on any atom is -0.358 e. The van der Waals surface area contributed by atoms with Crippen molar-refractivity contribution < 1.29 is 25.8 Å². The van der Waals surface area contributed by atoms with Gasteiger partial charge < -0.3 is 7.43 Å². The van der Waals surface area contributed by atoms with Crippen molar-refractivity contribution >= 4 is 37.0 Å². The van der Waals surface area contributed by atoms with Gasteiger partial charge in [-0.3, -0.25) is 0 Å². The fourth-order valence-corrected chi connectivity index (χ4v) is 2.89. The summed E-state index contributed by atoms with van der Waals surface area (Å²) < 4.78 is 0. The molecule has 5 aromatic rings. The summed E-state index contributed by atoms with van der Waals surface area (Å²) in [5.74, 6) is 0. The van der Waals surface area contributed by atoms with Crippen LogP contribution in [0.5, 0.6) is 0 Å². The average molecular weight is 531 g/mol. The van der Waals surface area contributed by atoms with Gasteiger partial charge in [-0.15, -0.1) is 59.3 Å². The van der Waals surface area contributed by atoms with Crippen molar-refractivity contribution in [2.75, 3.05) is 0 Å². The zero-order chi connectivity index (χ0) is 17.3. The van der Waals surface area contributed by atoms with Gasteiger partial charge in [0.25, 0.3) is 0 Å². The zero-order valence-electron chi connectivity index (χ0n) is 15.7. The molecule has 0 aliphatic rings. The molecular weight excluding hydrogens is 507 g/mol. The van der Waals surface area contributed by atoms with Crippen molar-refractivity contribution in [3.05, 3.63) is 123 Å². The molecule has 0 unspecified atom stereocenters. The molecule has 0 aliphatic heterocycles. The molecule has 0 atom stereocenters. The normalized spacial score (nSPS) is 9.07. The summed E-state index contributed by atoms with van der Waals surface area (Å²) in [4.78, 5) is 0. The quantitative estimate of drug-likeness (QED) is 0.183. The maximum absolute atomic E-state index is 2.12. The molecule has 0 N–H and O–H groups in total. The second-order valence-corrected chi connectivity index (χ2v) is 6.61. The van der Waals surface area contributed by atoms with Crippen molar-refractivity contribution in [2.45, 2.75) is 0 Å². The Bertz CT molecular complexity index is 886. The van der Waals surface area contributed by atoms with Gasteiger partial charge >= 0.3 is 0 Å². The van der Waals surface area contributed by atoms with Crippen LogP contribution in [0.1, 0.15) is 0 Å². The Hall–Kier alpha value is -2.03. The van der Waals surface area contributed by atoms with Crippen molar-refractivity contribution in [1.29, 1.82) is 0 Å². The van der Waals surface area contributed by atoms with Crippen LogP contribution >= 0.6 is 0 Å². The first-order chi connectivity index (χ1) is 12.3. The van der Waals surface area contributed by atoms with Crippen molar-refractivity contribution in [3.63, 3.8) is 0 Å². The summed E-state index contributed by atoms with van der Waals surface area (Å²) in [6.45, 7) is 0. The van der Waals surface area contributed by atoms with E-state index in [1.54, 1.807) is 0 Å². The van der Waals surface area contributed by atoms with E-state index in [9.17, 15) is 0 Å². The maximum Gasteiger partial charge on any atom is 0.0477 e. The third-order valence-electron chi connectivity index (χ3n) is 3.94. The third-order valence-corrected chi connectivity index (χ3v) is 4.41. The SMILES string of the molecule is [CH3-].[Hf].[SiH2]c1ccccc1.c1ccc2[cH-]ccc2c1.c1ccc2[cH-]ccc2c1. The summed E-state index contributed by atoms with van der Waals surface area (Å²) in [5.41, 5.74) is 0. The molecule has 27 heavy (non-hydrogen) atoms. The Morgan fingerprint density at radius 3 is 1.30 bits per heavy atom. The Kier molecular flexibility index (Phi) is 10.5. The predicted octanol–water partition coefficient (Wildman–Crippen LogP) is 5.51. The average Bonchev–Trinajstić information content (AvgIpc) is 3.32. The van der Waals surface area contributed by atoms with Crippen LogP contribution in [0.15, 0.2) is 115 Å². The summed E-state index contributed by atoms with van der Waals surface area (Å²) in [5, 5.41) is 6.67. The minimum absolute atomic E-state index is 0. The Balaban J connectivity index is 0.000000197. The van der Waals surface area contributed by atoms with E-state index in [2.05, 4.69) is 97.1 Å². The van der Waals surface area contributed by atoms with E-state index in [1.807, 2.05) is 28.4 Å². The van der Waals surface area contributed by atoms with E-state index in [0.29, 0.717) is 0 Å². The molecule has 0 heterocycles. The first-order valence-corrected chi connectivity index (χ1v) is 9.11. The zero-order valence-corrected chi connectivity index (χ0v) is 20.7. The van der Waals surface area contributed by atoms with Crippen molar-refractivity contribution in [2.24, 2.45) is 0 Å². The first kappa shape index (κ1) is 23.0. The second-order valence-electron chi connectivity index (χ2n) is 5.79. The molecule has 0 saturated heterocycles. The topological polar surface area (TPSA) is 0 Å². The van der Waals surface area contributed by atoms with Crippen LogP contribution < -0.4 is 5.19 Å². The second kappa shape index (κ2) is 12.4. The van der Waals surface area contributed by atoms with Crippen LogP contribution in [-0.4, -0.2) is 10.2 Å². The molecule has 5 rings (SSSR count). The van der Waals surface area contributed by atoms with E-state index in [0.717, 1.165) is 0 Å². The Labute approximate surface area is 184 Å². The number of benzene rings is 3. The number of hydrogen-bond donors (Lipinski definition) is 0. The van der Waals surface area contributed by atoms with Gasteiger partial charge in [0.2, 0.25) is 0 Å². The third kappa shape index (κ3) is 7.24. The van der Waals surface area contributed by atoms with Gasteiger partial charge in [0.1, 0.15) is 0 Å². The smallest absolute Gasteiger partial charge is 0.0477 e. The van der Waals surface area contributed by atoms with Crippen molar-refractivity contribution in [1.82, 2.24) is 0 Å². The van der Waals surface area contributed by atoms with Crippen LogP contribution in [0.2, 0.25) is 0 Å². The molecule has 0 aliphatic carbocycles. The van der Waals surface area contributed by atoms with Gasteiger partial charge in [-0.05, 0) is 0 Å². The van der Waals surface area contributed by atoms with Gasteiger partial charge in [-0.25, -0.2) is 0 Å². The molecule has 135 valence electrons. The molecule has 0 nitrogen and oxygen atoms in total. The van der Waals surface area contributed by atoms with Crippen LogP contribution in [0, 0.1) is 7.43 Å². The Morgan fingerprint density at radius 2 is 0.926 bits per heavy atom. The predicted molar refractivity (Wildman–Crippen MR) is 120 cm³/mol. The molecule has 0 bridgehead atoms. The van der Waals surface area contributed by atoms with Gasteiger partial charge in [-0.2, -0.15) is 35.0 Å². The van der Waals surface area contributed by atoms with E-state index in [4.69, 9.17) is 0 Å². The molecule has 0 fully saturated rings. The molecule has 2 heteroatoms. The van der Waals surface area contributed by atoms with E-state index >= 15 is 0 Å². The standard InChI is InChI=1S/2C9H7.C6H7Si.CH3.Hf/c2*1-2-5-9-7-3-6-8(9)4-1;7-6-4-2-1-3-5-6;;/h2*1-7H;1-5H,7H2;1H3;/q2*-1;;-1;. The molecule has 1 radical (unpaired) electrons. The molecule has 0 amide bonds. The van der Waals surface area contributed by atoms with E-state index < -0.39 is 0 Å². The minimum atomic E-state index is 0. The Morgan fingerprint density at radius 1 is 0.519 bits per heavy atom. The van der Waals surface area contributed by atoms with E-state index in [-0.39, 0.29) is 33.3 Å². The number of hydrogen-bond acceptors (Lipinski definition) is 0. The first-order valence-electron chi connectivity index (χ1n) is 8.41. The molecular formula is C25H24HfSi-3. The summed E-state index contributed by atoms with van der Waals surface area (Å²) in [6, 6.07) is 39.6. The summed E-state index contributed by atoms with van der Waals surface area (Å²) in [7, 11) is 1.90. The van der Waals surface area contributed by atoms with Gasteiger partial charge in [-0.1, -0.05) is 47.7 Å². The molecule has 0 spiro atoms. The number of rotatable bonds is 0. The van der Waals surface area contributed by atoms with Gasteiger partial charge in [0, 0.05) is 36.1 Å². The fraction of sp³-hybridized carbons (Fsp3) is 0. The summed E-state index contributed by atoms with van der Waals surface area (Å²) in [6.07, 6.45) is 0. The van der Waals surface area contributed by atoms with Gasteiger partial charge in [0.05, 0.1) is 0 Å². The number of fused-ring (bicyclic) bond motifs is 2. The van der Waals surface area contributed by atoms with E-state index in [1.165, 1.54) is 26.7 Å². The monoisotopic (exact) mass is 532 g/mol. The van der Waals surface area contributed by atoms with Gasteiger partial charge in [0.15, 0.2) is 0 Å². The fourth-order valence-electron chi connectivity index (χ4n) is 2.62. The molecule has 5 aromatic carbocycles.